The van der Waals surface area contributed by atoms with Gasteiger partial charge in [-0.3, -0.25) is 0 Å². The van der Waals surface area contributed by atoms with Crippen molar-refractivity contribution >= 4 is 40.5 Å². The summed E-state index contributed by atoms with van der Waals surface area (Å²) in [6.45, 7) is 5.90. The van der Waals surface area contributed by atoms with E-state index in [1.165, 1.54) is 0 Å². The lowest BCUT2D eigenvalue weighted by molar-refractivity contribution is 0.449. The van der Waals surface area contributed by atoms with Gasteiger partial charge in [0.05, 0.1) is 10.0 Å². The Morgan fingerprint density at radius 3 is 2.19 bits per heavy atom. The third-order valence-corrected chi connectivity index (χ3v) is 3.81. The minimum absolute atomic E-state index is 0.188. The number of ether oxygens (including phenoxy) is 1. The van der Waals surface area contributed by atoms with E-state index in [9.17, 15) is 0 Å². The van der Waals surface area contributed by atoms with Gasteiger partial charge in [0, 0.05) is 16.8 Å². The third kappa shape index (κ3) is 3.34. The fourth-order valence-electron chi connectivity index (χ4n) is 2.03. The smallest absolute Gasteiger partial charge is 0.242 e. The van der Waals surface area contributed by atoms with Crippen LogP contribution in [0.25, 0.3) is 0 Å². The van der Waals surface area contributed by atoms with Gasteiger partial charge >= 0.3 is 0 Å². The van der Waals surface area contributed by atoms with Gasteiger partial charge in [-0.1, -0.05) is 48.7 Å². The van der Waals surface area contributed by atoms with Crippen molar-refractivity contribution in [3.63, 3.8) is 0 Å². The van der Waals surface area contributed by atoms with Gasteiger partial charge in [0.25, 0.3) is 0 Å². The molecule has 0 aliphatic heterocycles. The van der Waals surface area contributed by atoms with Crippen LogP contribution in [0.3, 0.4) is 0 Å². The Balaban J connectivity index is 2.48. The Kier molecular flexibility index (Phi) is 4.81. The summed E-state index contributed by atoms with van der Waals surface area (Å²) in [7, 11) is 0. The lowest BCUT2D eigenvalue weighted by Crippen LogP contribution is -2.03. The van der Waals surface area contributed by atoms with E-state index in [1.54, 1.807) is 12.1 Å². The van der Waals surface area contributed by atoms with Crippen molar-refractivity contribution in [3.05, 3.63) is 38.5 Å². The first-order valence-corrected chi connectivity index (χ1v) is 7.39. The lowest BCUT2D eigenvalue weighted by Gasteiger charge is -2.15. The Morgan fingerprint density at radius 2 is 1.67 bits per heavy atom. The van der Waals surface area contributed by atoms with Gasteiger partial charge in [-0.2, -0.15) is 0 Å². The first-order valence-electron chi connectivity index (χ1n) is 6.26. The summed E-state index contributed by atoms with van der Waals surface area (Å²) >= 11 is 18.3. The number of halogens is 3. The molecule has 1 heterocycles. The predicted molar refractivity (Wildman–Crippen MR) is 86.8 cm³/mol. The molecule has 1 aromatic heterocycles. The molecule has 0 fully saturated rings. The van der Waals surface area contributed by atoms with Crippen LogP contribution in [0.15, 0.2) is 12.1 Å². The number of hydrogen-bond donors (Lipinski definition) is 1. The predicted octanol–water partition coefficient (Wildman–Crippen LogP) is 5.24. The summed E-state index contributed by atoms with van der Waals surface area (Å²) < 4.78 is 5.72. The molecule has 4 nitrogen and oxygen atoms in total. The fraction of sp³-hybridized carbons (Fsp3) is 0.286. The minimum atomic E-state index is 0.188. The summed E-state index contributed by atoms with van der Waals surface area (Å²) in [6.07, 6.45) is 0. The number of nitrogen functional groups attached to an aromatic ring is 1. The number of hydrogen-bond acceptors (Lipinski definition) is 4. The van der Waals surface area contributed by atoms with Gasteiger partial charge in [0.2, 0.25) is 5.88 Å². The van der Waals surface area contributed by atoms with Gasteiger partial charge in [0.1, 0.15) is 0 Å². The fourth-order valence-corrected chi connectivity index (χ4v) is 3.01. The molecular weight excluding hydrogens is 333 g/mol. The molecule has 0 aliphatic carbocycles. The van der Waals surface area contributed by atoms with E-state index in [1.807, 2.05) is 20.8 Å². The maximum absolute atomic E-state index is 6.11. The van der Waals surface area contributed by atoms with Crippen molar-refractivity contribution in [2.45, 2.75) is 26.7 Å². The molecule has 0 unspecified atom stereocenters. The molecule has 112 valence electrons. The first kappa shape index (κ1) is 16.1. The van der Waals surface area contributed by atoms with Crippen molar-refractivity contribution in [1.29, 1.82) is 0 Å². The van der Waals surface area contributed by atoms with E-state index in [-0.39, 0.29) is 5.92 Å². The normalized spacial score (nSPS) is 11.0. The molecule has 1 aromatic carbocycles. The van der Waals surface area contributed by atoms with Crippen LogP contribution < -0.4 is 10.5 Å². The van der Waals surface area contributed by atoms with Crippen LogP contribution in [0, 0.1) is 6.92 Å². The molecule has 0 spiro atoms. The SMILES string of the molecule is Cc1c(Oc2c(Cl)cc(N)cc2Cl)nnc(Cl)c1C(C)C. The van der Waals surface area contributed by atoms with Crippen LogP contribution in [-0.2, 0) is 0 Å². The maximum Gasteiger partial charge on any atom is 0.242 e. The van der Waals surface area contributed by atoms with Gasteiger partial charge in [-0.15, -0.1) is 10.2 Å². The van der Waals surface area contributed by atoms with Crippen molar-refractivity contribution in [2.75, 3.05) is 5.73 Å². The summed E-state index contributed by atoms with van der Waals surface area (Å²) in [5.74, 6) is 0.798. The largest absolute Gasteiger partial charge is 0.434 e. The van der Waals surface area contributed by atoms with Crippen molar-refractivity contribution < 1.29 is 4.74 Å². The van der Waals surface area contributed by atoms with E-state index in [0.29, 0.717) is 32.5 Å². The molecule has 0 saturated heterocycles. The highest BCUT2D eigenvalue weighted by Gasteiger charge is 2.18. The highest BCUT2D eigenvalue weighted by Crippen LogP contribution is 2.39. The Hall–Kier alpha value is -1.23. The molecular formula is C14H14Cl3N3O. The molecule has 2 rings (SSSR count). The quantitative estimate of drug-likeness (QED) is 0.772. The van der Waals surface area contributed by atoms with E-state index in [0.717, 1.165) is 11.1 Å². The summed E-state index contributed by atoms with van der Waals surface area (Å²) in [6, 6.07) is 3.12. The average molecular weight is 347 g/mol. The second-order valence-electron chi connectivity index (χ2n) is 4.91. The summed E-state index contributed by atoms with van der Waals surface area (Å²) in [5, 5.41) is 8.86. The van der Waals surface area contributed by atoms with Gasteiger partial charge in [0.15, 0.2) is 10.9 Å². The van der Waals surface area contributed by atoms with Gasteiger partial charge in [-0.05, 0) is 25.0 Å². The Morgan fingerprint density at radius 1 is 1.10 bits per heavy atom. The van der Waals surface area contributed by atoms with E-state index >= 15 is 0 Å². The van der Waals surface area contributed by atoms with Crippen molar-refractivity contribution in [2.24, 2.45) is 0 Å². The topological polar surface area (TPSA) is 61.0 Å². The van der Waals surface area contributed by atoms with Crippen LogP contribution in [0.4, 0.5) is 5.69 Å². The molecule has 0 atom stereocenters. The average Bonchev–Trinajstić information content (AvgIpc) is 2.35. The number of nitrogens with two attached hydrogens (primary N) is 1. The highest BCUT2D eigenvalue weighted by molar-refractivity contribution is 6.37. The molecule has 0 bridgehead atoms. The minimum Gasteiger partial charge on any atom is -0.434 e. The van der Waals surface area contributed by atoms with Crippen molar-refractivity contribution in [3.8, 4) is 11.6 Å². The summed E-state index contributed by atoms with van der Waals surface area (Å²) in [4.78, 5) is 0. The van der Waals surface area contributed by atoms with Crippen LogP contribution in [0.5, 0.6) is 11.6 Å². The zero-order valence-corrected chi connectivity index (χ0v) is 14.0. The molecule has 7 heteroatoms. The highest BCUT2D eigenvalue weighted by atomic mass is 35.5. The lowest BCUT2D eigenvalue weighted by atomic mass is 10.0. The second-order valence-corrected chi connectivity index (χ2v) is 6.08. The summed E-state index contributed by atoms with van der Waals surface area (Å²) in [5.41, 5.74) is 7.80. The van der Waals surface area contributed by atoms with E-state index in [2.05, 4.69) is 10.2 Å². The second kappa shape index (κ2) is 6.26. The number of benzene rings is 1. The molecule has 2 N–H and O–H groups in total. The van der Waals surface area contributed by atoms with Gasteiger partial charge < -0.3 is 10.5 Å². The van der Waals surface area contributed by atoms with E-state index in [4.69, 9.17) is 45.3 Å². The van der Waals surface area contributed by atoms with E-state index < -0.39 is 0 Å². The Bertz CT molecular complexity index is 666. The number of aromatic nitrogens is 2. The number of anilines is 1. The van der Waals surface area contributed by atoms with Crippen LogP contribution in [-0.4, -0.2) is 10.2 Å². The monoisotopic (exact) mass is 345 g/mol. The van der Waals surface area contributed by atoms with Crippen LogP contribution in [0.2, 0.25) is 15.2 Å². The molecule has 0 aliphatic rings. The molecule has 0 amide bonds. The molecule has 21 heavy (non-hydrogen) atoms. The van der Waals surface area contributed by atoms with Crippen molar-refractivity contribution in [1.82, 2.24) is 10.2 Å². The molecule has 0 radical (unpaired) electrons. The molecule has 0 saturated carbocycles. The zero-order valence-electron chi connectivity index (χ0n) is 11.7. The molecule has 2 aromatic rings. The first-order chi connectivity index (χ1) is 9.81. The standard InChI is InChI=1S/C14H14Cl3N3O/c1-6(2)11-7(3)14(20-19-13(11)17)21-12-9(15)4-8(18)5-10(12)16/h4-6H,18H2,1-3H3. The Labute approximate surface area is 138 Å². The van der Waals surface area contributed by atoms with Crippen LogP contribution in [0.1, 0.15) is 30.9 Å². The number of nitrogens with zero attached hydrogens (tertiary/aromatic N) is 2. The number of rotatable bonds is 3. The third-order valence-electron chi connectivity index (χ3n) is 2.97. The zero-order chi connectivity index (χ0) is 15.7. The van der Waals surface area contributed by atoms with Crippen LogP contribution >= 0.6 is 34.8 Å². The van der Waals surface area contributed by atoms with Gasteiger partial charge in [-0.25, -0.2) is 0 Å². The maximum atomic E-state index is 6.11.